The number of rotatable bonds is 9. The van der Waals surface area contributed by atoms with Gasteiger partial charge >= 0.3 is 0 Å². The van der Waals surface area contributed by atoms with E-state index in [1.807, 2.05) is 37.3 Å². The van der Waals surface area contributed by atoms with Crippen LogP contribution in [0.15, 0.2) is 58.2 Å². The van der Waals surface area contributed by atoms with Crippen molar-refractivity contribution in [2.75, 3.05) is 0 Å². The topological polar surface area (TPSA) is 56.2 Å². The number of benzene rings is 1. The van der Waals surface area contributed by atoms with E-state index in [1.54, 1.807) is 17.8 Å². The van der Waals surface area contributed by atoms with Crippen LogP contribution in [0.3, 0.4) is 0 Å². The molecule has 1 aliphatic carbocycles. The fraction of sp³-hybridized carbons (Fsp3) is 0.360. The quantitative estimate of drug-likeness (QED) is 0.119. The van der Waals surface area contributed by atoms with Gasteiger partial charge in [-0.15, -0.1) is 11.8 Å². The summed E-state index contributed by atoms with van der Waals surface area (Å²) >= 11 is 20.4. The molecule has 1 aliphatic rings. The molecule has 0 atom stereocenters. The number of thioether (sulfide) groups is 1. The summed E-state index contributed by atoms with van der Waals surface area (Å²) in [4.78, 5) is 5.06. The first-order valence-corrected chi connectivity index (χ1v) is 13.1. The van der Waals surface area contributed by atoms with Crippen molar-refractivity contribution in [2.24, 2.45) is 16.9 Å². The molecule has 0 radical (unpaired) electrons. The Labute approximate surface area is 215 Å². The van der Waals surface area contributed by atoms with Gasteiger partial charge in [-0.1, -0.05) is 61.1 Å². The maximum absolute atomic E-state index is 6.45. The first-order valence-electron chi connectivity index (χ1n) is 11.0. The second-order valence-corrected chi connectivity index (χ2v) is 10.5. The largest absolute Gasteiger partial charge is 0.323 e. The molecule has 1 fully saturated rings. The minimum absolute atomic E-state index is 0.394. The molecule has 0 saturated heterocycles. The van der Waals surface area contributed by atoms with Crippen LogP contribution >= 0.6 is 46.6 Å². The van der Waals surface area contributed by atoms with Gasteiger partial charge in [0.1, 0.15) is 5.82 Å². The van der Waals surface area contributed by atoms with E-state index in [2.05, 4.69) is 23.2 Å². The Morgan fingerprint density at radius 3 is 2.48 bits per heavy atom. The van der Waals surface area contributed by atoms with Crippen LogP contribution in [0, 0.1) is 5.92 Å². The van der Waals surface area contributed by atoms with Gasteiger partial charge in [-0.25, -0.2) is 4.98 Å². The summed E-state index contributed by atoms with van der Waals surface area (Å²) in [5, 5.41) is 6.79. The highest BCUT2D eigenvalue weighted by Gasteiger charge is 2.26. The highest BCUT2D eigenvalue weighted by atomic mass is 35.5. The Kier molecular flexibility index (Phi) is 9.57. The third-order valence-corrected chi connectivity index (χ3v) is 7.31. The lowest BCUT2D eigenvalue weighted by Gasteiger charge is -2.25. The summed E-state index contributed by atoms with van der Waals surface area (Å²) in [7, 11) is 0. The normalized spacial score (nSPS) is 15.6. The van der Waals surface area contributed by atoms with E-state index in [-0.39, 0.29) is 0 Å². The molecule has 0 unspecified atom stereocenters. The van der Waals surface area contributed by atoms with E-state index >= 15 is 0 Å². The zero-order valence-electron chi connectivity index (χ0n) is 19.0. The SMILES string of the molecule is C=C(Cl)/C(=C\C=C(/C)Cl)c1nc(CS/C(=N\N)C2CCC2)c(CCC)n1-c1ccc(Cl)cc1. The van der Waals surface area contributed by atoms with Gasteiger partial charge in [-0.05, 0) is 62.6 Å². The van der Waals surface area contributed by atoms with Crippen molar-refractivity contribution in [2.45, 2.75) is 51.7 Å². The highest BCUT2D eigenvalue weighted by molar-refractivity contribution is 8.13. The molecule has 33 heavy (non-hydrogen) atoms. The average Bonchev–Trinajstić information content (AvgIpc) is 3.08. The van der Waals surface area contributed by atoms with Crippen LogP contribution in [0.2, 0.25) is 5.02 Å². The van der Waals surface area contributed by atoms with E-state index in [1.165, 1.54) is 6.42 Å². The maximum atomic E-state index is 6.45. The number of hydrogen-bond donors (Lipinski definition) is 1. The van der Waals surface area contributed by atoms with E-state index < -0.39 is 0 Å². The van der Waals surface area contributed by atoms with Crippen LogP contribution in [-0.4, -0.2) is 14.6 Å². The summed E-state index contributed by atoms with van der Waals surface area (Å²) in [6.07, 6.45) is 9.03. The van der Waals surface area contributed by atoms with E-state index in [4.69, 9.17) is 45.6 Å². The average molecular weight is 524 g/mol. The smallest absolute Gasteiger partial charge is 0.146 e. The predicted molar refractivity (Wildman–Crippen MR) is 145 cm³/mol. The molecular formula is C25H29Cl3N4S. The van der Waals surface area contributed by atoms with Crippen LogP contribution in [0.25, 0.3) is 11.3 Å². The van der Waals surface area contributed by atoms with E-state index in [0.717, 1.165) is 53.6 Å². The maximum Gasteiger partial charge on any atom is 0.146 e. The van der Waals surface area contributed by atoms with Crippen molar-refractivity contribution in [3.05, 3.63) is 75.3 Å². The number of hydrazone groups is 1. The van der Waals surface area contributed by atoms with Crippen LogP contribution in [0.4, 0.5) is 0 Å². The number of allylic oxidation sites excluding steroid dienone is 5. The molecule has 1 aromatic heterocycles. The van der Waals surface area contributed by atoms with Crippen molar-refractivity contribution in [1.82, 2.24) is 9.55 Å². The standard InChI is InChI=1S/C25H29Cl3N4S/c1-4-6-23-22(15-33-25(31-29)18-7-5-8-18)30-24(21(17(3)27)14-9-16(2)26)32(23)20-12-10-19(28)11-13-20/h9-14,18H,3-8,15,29H2,1-2H3/b16-9+,21-14+,31-25-. The van der Waals surface area contributed by atoms with Crippen LogP contribution < -0.4 is 5.84 Å². The van der Waals surface area contributed by atoms with Gasteiger partial charge in [-0.3, -0.25) is 4.57 Å². The van der Waals surface area contributed by atoms with E-state index in [9.17, 15) is 0 Å². The lowest BCUT2D eigenvalue weighted by molar-refractivity contribution is 0.417. The number of halogens is 3. The van der Waals surface area contributed by atoms with Crippen molar-refractivity contribution in [3.63, 3.8) is 0 Å². The van der Waals surface area contributed by atoms with Crippen molar-refractivity contribution in [1.29, 1.82) is 0 Å². The molecule has 1 heterocycles. The fourth-order valence-electron chi connectivity index (χ4n) is 3.70. The molecule has 0 amide bonds. The molecule has 3 rings (SSSR count). The van der Waals surface area contributed by atoms with E-state index in [0.29, 0.717) is 32.3 Å². The monoisotopic (exact) mass is 522 g/mol. The molecule has 2 N–H and O–H groups in total. The molecule has 0 spiro atoms. The van der Waals surface area contributed by atoms with Crippen molar-refractivity contribution >= 4 is 57.2 Å². The highest BCUT2D eigenvalue weighted by Crippen LogP contribution is 2.35. The molecule has 1 aromatic carbocycles. The van der Waals surface area contributed by atoms with Gasteiger partial charge in [0.2, 0.25) is 0 Å². The molecular weight excluding hydrogens is 495 g/mol. The molecule has 2 aromatic rings. The molecule has 1 saturated carbocycles. The molecule has 8 heteroatoms. The second kappa shape index (κ2) is 12.2. The fourth-order valence-corrected chi connectivity index (χ4v) is 5.10. The zero-order valence-corrected chi connectivity index (χ0v) is 22.0. The van der Waals surface area contributed by atoms with Gasteiger partial charge in [-0.2, -0.15) is 5.10 Å². The predicted octanol–water partition coefficient (Wildman–Crippen LogP) is 8.06. The van der Waals surface area contributed by atoms with Crippen molar-refractivity contribution in [3.8, 4) is 5.69 Å². The summed E-state index contributed by atoms with van der Waals surface area (Å²) < 4.78 is 2.15. The Bertz CT molecular complexity index is 1080. The number of hydrogen-bond acceptors (Lipinski definition) is 4. The summed E-state index contributed by atoms with van der Waals surface area (Å²) in [6.45, 7) is 7.96. The second-order valence-electron chi connectivity index (χ2n) is 8.01. The Balaban J connectivity index is 2.14. The Morgan fingerprint density at radius 1 is 1.27 bits per heavy atom. The van der Waals surface area contributed by atoms with Gasteiger partial charge in [0.25, 0.3) is 0 Å². The Hall–Kier alpha value is -1.66. The third kappa shape index (κ3) is 6.48. The van der Waals surface area contributed by atoms with Gasteiger partial charge in [0.15, 0.2) is 0 Å². The number of nitrogens with zero attached hydrogens (tertiary/aromatic N) is 3. The molecule has 176 valence electrons. The molecule has 0 bridgehead atoms. The van der Waals surface area contributed by atoms with Crippen LogP contribution in [0.1, 0.15) is 56.7 Å². The number of aromatic nitrogens is 2. The van der Waals surface area contributed by atoms with Crippen molar-refractivity contribution < 1.29 is 0 Å². The summed E-state index contributed by atoms with van der Waals surface area (Å²) in [5.74, 6) is 7.59. The number of imidazole rings is 1. The summed E-state index contributed by atoms with van der Waals surface area (Å²) in [5.41, 5.74) is 3.79. The first-order chi connectivity index (χ1) is 15.8. The first kappa shape index (κ1) is 26.0. The molecule has 4 nitrogen and oxygen atoms in total. The van der Waals surface area contributed by atoms with Gasteiger partial charge < -0.3 is 5.84 Å². The lowest BCUT2D eigenvalue weighted by atomic mass is 9.86. The van der Waals surface area contributed by atoms with Crippen LogP contribution in [-0.2, 0) is 12.2 Å². The third-order valence-electron chi connectivity index (χ3n) is 5.58. The lowest BCUT2D eigenvalue weighted by Crippen LogP contribution is -2.21. The molecule has 0 aliphatic heterocycles. The Morgan fingerprint density at radius 2 is 1.97 bits per heavy atom. The summed E-state index contributed by atoms with van der Waals surface area (Å²) in [6, 6.07) is 7.73. The zero-order chi connectivity index (χ0) is 24.0. The van der Waals surface area contributed by atoms with Gasteiger partial charge in [0, 0.05) is 43.7 Å². The van der Waals surface area contributed by atoms with Crippen LogP contribution in [0.5, 0.6) is 0 Å². The minimum atomic E-state index is 0.394. The number of nitrogens with two attached hydrogens (primary N) is 1. The minimum Gasteiger partial charge on any atom is -0.323 e. The van der Waals surface area contributed by atoms with Gasteiger partial charge in [0.05, 0.1) is 10.7 Å².